The van der Waals surface area contributed by atoms with E-state index in [9.17, 15) is 4.39 Å². The van der Waals surface area contributed by atoms with E-state index in [-0.39, 0.29) is 11.2 Å². The molecule has 1 fully saturated rings. The monoisotopic (exact) mass is 251 g/mol. The van der Waals surface area contributed by atoms with Gasteiger partial charge in [-0.05, 0) is 17.0 Å². The van der Waals surface area contributed by atoms with Gasteiger partial charge < -0.3 is 5.32 Å². The van der Waals surface area contributed by atoms with E-state index in [4.69, 9.17) is 0 Å². The van der Waals surface area contributed by atoms with Gasteiger partial charge >= 0.3 is 0 Å². The Hall–Kier alpha value is -1.00. The number of piperazine rings is 1. The van der Waals surface area contributed by atoms with Crippen molar-refractivity contribution in [2.75, 3.05) is 19.6 Å². The van der Waals surface area contributed by atoms with E-state index < -0.39 is 0 Å². The van der Waals surface area contributed by atoms with Crippen molar-refractivity contribution in [2.45, 2.75) is 33.4 Å². The van der Waals surface area contributed by atoms with Crippen LogP contribution in [0.15, 0.2) is 18.5 Å². The molecular formula is C14H22FN3. The molecule has 18 heavy (non-hydrogen) atoms. The maximum absolute atomic E-state index is 13.1. The van der Waals surface area contributed by atoms with Gasteiger partial charge in [-0.25, -0.2) is 4.39 Å². The molecule has 0 bridgehead atoms. The summed E-state index contributed by atoms with van der Waals surface area (Å²) in [5, 5.41) is 3.55. The number of aromatic nitrogens is 1. The Bertz CT molecular complexity index is 400. The van der Waals surface area contributed by atoms with E-state index in [0.717, 1.165) is 31.7 Å². The second kappa shape index (κ2) is 5.33. The molecule has 0 amide bonds. The van der Waals surface area contributed by atoms with E-state index in [0.29, 0.717) is 6.04 Å². The zero-order valence-corrected chi connectivity index (χ0v) is 11.4. The van der Waals surface area contributed by atoms with E-state index in [1.54, 1.807) is 12.3 Å². The molecule has 1 N–H and O–H groups in total. The lowest BCUT2D eigenvalue weighted by Crippen LogP contribution is -2.55. The molecule has 1 unspecified atom stereocenters. The molecule has 1 aliphatic heterocycles. The maximum atomic E-state index is 13.1. The van der Waals surface area contributed by atoms with E-state index in [2.05, 4.69) is 36.0 Å². The van der Waals surface area contributed by atoms with Gasteiger partial charge in [-0.3, -0.25) is 9.88 Å². The molecule has 1 atom stereocenters. The van der Waals surface area contributed by atoms with Gasteiger partial charge in [-0.15, -0.1) is 0 Å². The molecule has 1 aromatic heterocycles. The molecular weight excluding hydrogens is 229 g/mol. The molecule has 1 aromatic rings. The lowest BCUT2D eigenvalue weighted by atomic mass is 9.85. The Morgan fingerprint density at radius 1 is 1.44 bits per heavy atom. The van der Waals surface area contributed by atoms with Gasteiger partial charge in [-0.1, -0.05) is 20.8 Å². The summed E-state index contributed by atoms with van der Waals surface area (Å²) < 4.78 is 13.1. The molecule has 0 radical (unpaired) electrons. The number of rotatable bonds is 2. The SMILES string of the molecule is CC(C)(C)C1CN(Cc2cncc(F)c2)CCN1. The summed E-state index contributed by atoms with van der Waals surface area (Å²) in [7, 11) is 0. The van der Waals surface area contributed by atoms with Crippen LogP contribution in [0.5, 0.6) is 0 Å². The minimum atomic E-state index is -0.255. The number of nitrogens with zero attached hydrogens (tertiary/aromatic N) is 2. The smallest absolute Gasteiger partial charge is 0.141 e. The van der Waals surface area contributed by atoms with Crippen LogP contribution >= 0.6 is 0 Å². The van der Waals surface area contributed by atoms with Crippen LogP contribution in [0.1, 0.15) is 26.3 Å². The zero-order valence-electron chi connectivity index (χ0n) is 11.4. The van der Waals surface area contributed by atoms with Crippen LogP contribution in [0.25, 0.3) is 0 Å². The average Bonchev–Trinajstić information content (AvgIpc) is 2.28. The molecule has 100 valence electrons. The fourth-order valence-electron chi connectivity index (χ4n) is 2.34. The highest BCUT2D eigenvalue weighted by Crippen LogP contribution is 2.22. The highest BCUT2D eigenvalue weighted by molar-refractivity contribution is 5.10. The minimum absolute atomic E-state index is 0.249. The van der Waals surface area contributed by atoms with Crippen molar-refractivity contribution in [2.24, 2.45) is 5.41 Å². The summed E-state index contributed by atoms with van der Waals surface area (Å²) in [6, 6.07) is 2.05. The van der Waals surface area contributed by atoms with Gasteiger partial charge in [0.05, 0.1) is 6.20 Å². The molecule has 0 spiro atoms. The van der Waals surface area contributed by atoms with Crippen molar-refractivity contribution in [3.8, 4) is 0 Å². The third kappa shape index (κ3) is 3.50. The Morgan fingerprint density at radius 3 is 2.89 bits per heavy atom. The second-order valence-electron chi connectivity index (χ2n) is 6.12. The molecule has 4 heteroatoms. The van der Waals surface area contributed by atoms with Crippen molar-refractivity contribution < 1.29 is 4.39 Å². The molecule has 0 aliphatic carbocycles. The summed E-state index contributed by atoms with van der Waals surface area (Å²) >= 11 is 0. The maximum Gasteiger partial charge on any atom is 0.141 e. The number of pyridine rings is 1. The fourth-order valence-corrected chi connectivity index (χ4v) is 2.34. The summed E-state index contributed by atoms with van der Waals surface area (Å²) in [5.41, 5.74) is 1.20. The Kier molecular flexibility index (Phi) is 3.97. The van der Waals surface area contributed by atoms with Crippen molar-refractivity contribution in [1.29, 1.82) is 0 Å². The lowest BCUT2D eigenvalue weighted by molar-refractivity contribution is 0.129. The van der Waals surface area contributed by atoms with Crippen LogP contribution in [-0.4, -0.2) is 35.6 Å². The highest BCUT2D eigenvalue weighted by Gasteiger charge is 2.29. The average molecular weight is 251 g/mol. The van der Waals surface area contributed by atoms with Crippen molar-refractivity contribution in [3.63, 3.8) is 0 Å². The van der Waals surface area contributed by atoms with E-state index in [1.807, 2.05) is 0 Å². The number of hydrogen-bond acceptors (Lipinski definition) is 3. The van der Waals surface area contributed by atoms with Crippen LogP contribution in [0.2, 0.25) is 0 Å². The van der Waals surface area contributed by atoms with Crippen LogP contribution in [0.3, 0.4) is 0 Å². The van der Waals surface area contributed by atoms with Crippen LogP contribution in [0.4, 0.5) is 4.39 Å². The predicted molar refractivity (Wildman–Crippen MR) is 70.7 cm³/mol. The van der Waals surface area contributed by atoms with E-state index >= 15 is 0 Å². The highest BCUT2D eigenvalue weighted by atomic mass is 19.1. The van der Waals surface area contributed by atoms with Crippen LogP contribution in [0, 0.1) is 11.2 Å². The quantitative estimate of drug-likeness (QED) is 0.872. The van der Waals surface area contributed by atoms with Gasteiger partial charge in [-0.2, -0.15) is 0 Å². The first kappa shape index (κ1) is 13.4. The van der Waals surface area contributed by atoms with E-state index in [1.165, 1.54) is 6.20 Å². The molecule has 2 heterocycles. The first-order valence-corrected chi connectivity index (χ1v) is 6.50. The molecule has 2 rings (SSSR count). The number of halogens is 1. The van der Waals surface area contributed by atoms with Gasteiger partial charge in [0.15, 0.2) is 0 Å². The van der Waals surface area contributed by atoms with Gasteiger partial charge in [0.1, 0.15) is 5.82 Å². The van der Waals surface area contributed by atoms with Crippen molar-refractivity contribution in [3.05, 3.63) is 29.8 Å². The number of nitrogens with one attached hydrogen (secondary N) is 1. The summed E-state index contributed by atoms with van der Waals surface area (Å²) in [6.45, 7) is 10.5. The fraction of sp³-hybridized carbons (Fsp3) is 0.643. The predicted octanol–water partition coefficient (Wildman–Crippen LogP) is 2.04. The molecule has 1 aliphatic rings. The number of hydrogen-bond donors (Lipinski definition) is 1. The summed E-state index contributed by atoms with van der Waals surface area (Å²) in [4.78, 5) is 6.26. The Labute approximate surface area is 108 Å². The Balaban J connectivity index is 1.98. The third-order valence-electron chi connectivity index (χ3n) is 3.47. The lowest BCUT2D eigenvalue weighted by Gasteiger charge is -2.40. The van der Waals surface area contributed by atoms with Gasteiger partial charge in [0, 0.05) is 38.4 Å². The van der Waals surface area contributed by atoms with Gasteiger partial charge in [0.25, 0.3) is 0 Å². The zero-order chi connectivity index (χ0) is 13.2. The largest absolute Gasteiger partial charge is 0.311 e. The summed E-state index contributed by atoms with van der Waals surface area (Å²) in [5.74, 6) is -0.255. The second-order valence-corrected chi connectivity index (χ2v) is 6.12. The molecule has 1 saturated heterocycles. The molecule has 0 saturated carbocycles. The van der Waals surface area contributed by atoms with Crippen molar-refractivity contribution in [1.82, 2.24) is 15.2 Å². The molecule has 0 aromatic carbocycles. The molecule has 3 nitrogen and oxygen atoms in total. The topological polar surface area (TPSA) is 28.2 Å². The normalized spacial score (nSPS) is 22.1. The standard InChI is InChI=1S/C14H22FN3/c1-14(2,3)13-10-18(5-4-17-13)9-11-6-12(15)8-16-7-11/h6-8,13,17H,4-5,9-10H2,1-3H3. The Morgan fingerprint density at radius 2 is 2.22 bits per heavy atom. The van der Waals surface area contributed by atoms with Crippen LogP contribution in [-0.2, 0) is 6.54 Å². The third-order valence-corrected chi connectivity index (χ3v) is 3.47. The first-order chi connectivity index (χ1) is 8.45. The van der Waals surface area contributed by atoms with Gasteiger partial charge in [0.2, 0.25) is 0 Å². The van der Waals surface area contributed by atoms with Crippen molar-refractivity contribution >= 4 is 0 Å². The first-order valence-electron chi connectivity index (χ1n) is 6.50. The minimum Gasteiger partial charge on any atom is -0.311 e. The van der Waals surface area contributed by atoms with Crippen LogP contribution < -0.4 is 5.32 Å². The summed E-state index contributed by atoms with van der Waals surface area (Å²) in [6.07, 6.45) is 3.00.